The Kier molecular flexibility index (Phi) is 9.35. The summed E-state index contributed by atoms with van der Waals surface area (Å²) in [7, 11) is 1.34. The standard InChI is InChI=1S/C24H31NO5/c1-17(2)15-22(24(28)30-16-19-7-5-4-6-8-19)25-21(23(27)29-3)14-11-18-9-12-20(26)13-10-18/h4-10,12-13,17,21-22,25-26H,11,14-16H2,1-3H3. The number of rotatable bonds is 11. The molecule has 0 aliphatic rings. The van der Waals surface area contributed by atoms with E-state index in [1.807, 2.05) is 56.3 Å². The summed E-state index contributed by atoms with van der Waals surface area (Å²) >= 11 is 0. The van der Waals surface area contributed by atoms with Gasteiger partial charge < -0.3 is 14.6 Å². The van der Waals surface area contributed by atoms with E-state index in [1.54, 1.807) is 12.1 Å². The van der Waals surface area contributed by atoms with Gasteiger partial charge in [-0.3, -0.25) is 14.9 Å². The van der Waals surface area contributed by atoms with Crippen LogP contribution in [0.2, 0.25) is 0 Å². The van der Waals surface area contributed by atoms with E-state index in [9.17, 15) is 14.7 Å². The van der Waals surface area contributed by atoms with Crippen molar-refractivity contribution in [2.75, 3.05) is 7.11 Å². The number of esters is 2. The Bertz CT molecular complexity index is 789. The second-order valence-electron chi connectivity index (χ2n) is 7.72. The summed E-state index contributed by atoms with van der Waals surface area (Å²) in [6.45, 7) is 4.22. The van der Waals surface area contributed by atoms with Crippen LogP contribution in [0.25, 0.3) is 0 Å². The monoisotopic (exact) mass is 413 g/mol. The van der Waals surface area contributed by atoms with Crippen LogP contribution in [0.5, 0.6) is 5.75 Å². The van der Waals surface area contributed by atoms with Gasteiger partial charge in [-0.15, -0.1) is 0 Å². The predicted octanol–water partition coefficient (Wildman–Crippen LogP) is 3.61. The topological polar surface area (TPSA) is 84.9 Å². The maximum atomic E-state index is 12.7. The SMILES string of the molecule is COC(=O)C(CCc1ccc(O)cc1)NC(CC(C)C)C(=O)OCc1ccccc1. The lowest BCUT2D eigenvalue weighted by Gasteiger charge is -2.24. The summed E-state index contributed by atoms with van der Waals surface area (Å²) in [6.07, 6.45) is 1.60. The van der Waals surface area contributed by atoms with Gasteiger partial charge in [0.15, 0.2) is 0 Å². The van der Waals surface area contributed by atoms with Gasteiger partial charge in [0.25, 0.3) is 0 Å². The molecule has 162 valence electrons. The smallest absolute Gasteiger partial charge is 0.323 e. The van der Waals surface area contributed by atoms with Crippen LogP contribution in [0.1, 0.15) is 37.8 Å². The average Bonchev–Trinajstić information content (AvgIpc) is 2.75. The lowest BCUT2D eigenvalue weighted by Crippen LogP contribution is -2.49. The number of methoxy groups -OCH3 is 1. The lowest BCUT2D eigenvalue weighted by atomic mass is 10.0. The Balaban J connectivity index is 2.03. The molecule has 2 aromatic carbocycles. The minimum Gasteiger partial charge on any atom is -0.508 e. The van der Waals surface area contributed by atoms with Crippen molar-refractivity contribution in [1.29, 1.82) is 0 Å². The molecule has 0 aliphatic heterocycles. The number of ether oxygens (including phenoxy) is 2. The number of carbonyl (C=O) groups is 2. The van der Waals surface area contributed by atoms with E-state index in [4.69, 9.17) is 9.47 Å². The van der Waals surface area contributed by atoms with Crippen molar-refractivity contribution in [2.45, 2.75) is 51.8 Å². The first-order valence-electron chi connectivity index (χ1n) is 10.2. The summed E-state index contributed by atoms with van der Waals surface area (Å²) in [5, 5.41) is 12.6. The van der Waals surface area contributed by atoms with Gasteiger partial charge in [-0.25, -0.2) is 0 Å². The molecule has 0 heterocycles. The van der Waals surface area contributed by atoms with Crippen LogP contribution in [-0.4, -0.2) is 36.2 Å². The highest BCUT2D eigenvalue weighted by Crippen LogP contribution is 2.15. The highest BCUT2D eigenvalue weighted by Gasteiger charge is 2.28. The molecule has 0 saturated carbocycles. The van der Waals surface area contributed by atoms with Crippen molar-refractivity contribution in [3.63, 3.8) is 0 Å². The molecule has 30 heavy (non-hydrogen) atoms. The zero-order chi connectivity index (χ0) is 21.9. The highest BCUT2D eigenvalue weighted by molar-refractivity contribution is 5.79. The van der Waals surface area contributed by atoms with E-state index < -0.39 is 18.1 Å². The maximum Gasteiger partial charge on any atom is 0.323 e. The van der Waals surface area contributed by atoms with Gasteiger partial charge in [0.05, 0.1) is 7.11 Å². The molecule has 0 aliphatic carbocycles. The Morgan fingerprint density at radius 1 is 0.933 bits per heavy atom. The van der Waals surface area contributed by atoms with Gasteiger partial charge in [0.1, 0.15) is 24.4 Å². The number of phenolic OH excluding ortho intramolecular Hbond substituents is 1. The number of nitrogens with one attached hydrogen (secondary N) is 1. The lowest BCUT2D eigenvalue weighted by molar-refractivity contribution is -0.149. The normalized spacial score (nSPS) is 12.9. The van der Waals surface area contributed by atoms with Gasteiger partial charge in [0, 0.05) is 0 Å². The van der Waals surface area contributed by atoms with Crippen LogP contribution in [0.4, 0.5) is 0 Å². The second kappa shape index (κ2) is 12.0. The molecule has 2 atom stereocenters. The van der Waals surface area contributed by atoms with Crippen LogP contribution >= 0.6 is 0 Å². The Morgan fingerprint density at radius 2 is 1.60 bits per heavy atom. The fourth-order valence-electron chi connectivity index (χ4n) is 3.16. The Morgan fingerprint density at radius 3 is 2.20 bits per heavy atom. The first-order chi connectivity index (χ1) is 14.4. The van der Waals surface area contributed by atoms with E-state index in [1.165, 1.54) is 7.11 Å². The Hall–Kier alpha value is -2.86. The molecule has 0 spiro atoms. The van der Waals surface area contributed by atoms with E-state index in [0.717, 1.165) is 11.1 Å². The van der Waals surface area contributed by atoms with Gasteiger partial charge in [-0.2, -0.15) is 0 Å². The van der Waals surface area contributed by atoms with E-state index >= 15 is 0 Å². The van der Waals surface area contributed by atoms with Crippen LogP contribution in [0, 0.1) is 5.92 Å². The van der Waals surface area contributed by atoms with Gasteiger partial charge in [0.2, 0.25) is 0 Å². The van der Waals surface area contributed by atoms with Crippen molar-refractivity contribution in [1.82, 2.24) is 5.32 Å². The molecule has 0 amide bonds. The molecule has 0 aromatic heterocycles. The molecular formula is C24H31NO5. The molecule has 6 nitrogen and oxygen atoms in total. The van der Waals surface area contributed by atoms with Crippen molar-refractivity contribution >= 4 is 11.9 Å². The summed E-state index contributed by atoms with van der Waals surface area (Å²) < 4.78 is 10.4. The maximum absolute atomic E-state index is 12.7. The van der Waals surface area contributed by atoms with Gasteiger partial charge in [-0.1, -0.05) is 56.3 Å². The van der Waals surface area contributed by atoms with Crippen LogP contribution in [0.3, 0.4) is 0 Å². The molecule has 0 fully saturated rings. The van der Waals surface area contributed by atoms with E-state index in [-0.39, 0.29) is 24.2 Å². The third kappa shape index (κ3) is 7.87. The zero-order valence-electron chi connectivity index (χ0n) is 17.8. The fourth-order valence-corrected chi connectivity index (χ4v) is 3.16. The summed E-state index contributed by atoms with van der Waals surface area (Å²) in [5.74, 6) is -0.369. The molecule has 2 N–H and O–H groups in total. The third-order valence-electron chi connectivity index (χ3n) is 4.76. The van der Waals surface area contributed by atoms with Crippen molar-refractivity contribution in [3.05, 3.63) is 65.7 Å². The molecular weight excluding hydrogens is 382 g/mol. The zero-order valence-corrected chi connectivity index (χ0v) is 17.8. The van der Waals surface area contributed by atoms with E-state index in [0.29, 0.717) is 19.3 Å². The summed E-state index contributed by atoms with van der Waals surface area (Å²) in [6, 6.07) is 15.1. The number of carbonyl (C=O) groups excluding carboxylic acids is 2. The van der Waals surface area contributed by atoms with Crippen LogP contribution < -0.4 is 5.32 Å². The van der Waals surface area contributed by atoms with Crippen molar-refractivity contribution in [3.8, 4) is 5.75 Å². The summed E-state index contributed by atoms with van der Waals surface area (Å²) in [4.78, 5) is 25.1. The number of aromatic hydroxyl groups is 1. The first kappa shape index (κ1) is 23.4. The fraction of sp³-hybridized carbons (Fsp3) is 0.417. The minimum atomic E-state index is -0.642. The molecule has 2 unspecified atom stereocenters. The number of hydrogen-bond donors (Lipinski definition) is 2. The number of benzene rings is 2. The number of hydrogen-bond acceptors (Lipinski definition) is 6. The largest absolute Gasteiger partial charge is 0.508 e. The molecule has 0 bridgehead atoms. The molecule has 0 saturated heterocycles. The number of aryl methyl sites for hydroxylation is 1. The second-order valence-corrected chi connectivity index (χ2v) is 7.72. The molecule has 0 radical (unpaired) electrons. The predicted molar refractivity (Wildman–Crippen MR) is 115 cm³/mol. The van der Waals surface area contributed by atoms with Crippen LogP contribution in [-0.2, 0) is 32.1 Å². The van der Waals surface area contributed by atoms with Crippen molar-refractivity contribution < 1.29 is 24.2 Å². The van der Waals surface area contributed by atoms with Gasteiger partial charge in [-0.05, 0) is 48.4 Å². The number of phenols is 1. The van der Waals surface area contributed by atoms with Crippen molar-refractivity contribution in [2.24, 2.45) is 5.92 Å². The Labute approximate surface area is 178 Å². The minimum absolute atomic E-state index is 0.187. The average molecular weight is 414 g/mol. The van der Waals surface area contributed by atoms with Crippen LogP contribution in [0.15, 0.2) is 54.6 Å². The van der Waals surface area contributed by atoms with E-state index in [2.05, 4.69) is 5.32 Å². The third-order valence-corrected chi connectivity index (χ3v) is 4.76. The molecule has 2 rings (SSSR count). The first-order valence-corrected chi connectivity index (χ1v) is 10.2. The molecule has 6 heteroatoms. The highest BCUT2D eigenvalue weighted by atomic mass is 16.5. The molecule has 2 aromatic rings. The summed E-state index contributed by atoms with van der Waals surface area (Å²) in [5.41, 5.74) is 1.89. The van der Waals surface area contributed by atoms with Gasteiger partial charge >= 0.3 is 11.9 Å². The quantitative estimate of drug-likeness (QED) is 0.548.